The largest absolute Gasteiger partial charge is 0.387 e. The maximum atomic E-state index is 12.0. The van der Waals surface area contributed by atoms with E-state index in [9.17, 15) is 9.90 Å². The van der Waals surface area contributed by atoms with Crippen molar-refractivity contribution >= 4 is 17.7 Å². The Morgan fingerprint density at radius 1 is 1.43 bits per heavy atom. The molecule has 0 saturated heterocycles. The van der Waals surface area contributed by atoms with Gasteiger partial charge < -0.3 is 10.4 Å². The molecule has 1 aromatic carbocycles. The molecule has 0 aliphatic carbocycles. The van der Waals surface area contributed by atoms with Crippen LogP contribution in [-0.2, 0) is 0 Å². The highest BCUT2D eigenvalue weighted by Crippen LogP contribution is 2.17. The van der Waals surface area contributed by atoms with Crippen LogP contribution >= 0.6 is 11.8 Å². The topological polar surface area (TPSA) is 78.0 Å². The summed E-state index contributed by atoms with van der Waals surface area (Å²) in [7, 11) is 0. The van der Waals surface area contributed by atoms with Gasteiger partial charge in [0.15, 0.2) is 0 Å². The fraction of sp³-hybridized carbons (Fsp3) is 0.333. The zero-order valence-corrected chi connectivity index (χ0v) is 12.9. The zero-order valence-electron chi connectivity index (χ0n) is 12.1. The standard InChI is InChI=1S/C15H19N3O2S/c1-15(20,10-21-2)9-16-14(19)13-8-12(17-18-13)11-6-4-3-5-7-11/h3-8,20H,9-10H2,1-2H3,(H,16,19)(H,17,18). The number of aliphatic hydroxyl groups is 1. The van der Waals surface area contributed by atoms with Crippen LogP contribution in [0.5, 0.6) is 0 Å². The number of nitrogens with zero attached hydrogens (tertiary/aromatic N) is 1. The first kappa shape index (κ1) is 15.6. The Labute approximate surface area is 128 Å². The van der Waals surface area contributed by atoms with Crippen LogP contribution in [-0.4, -0.2) is 45.4 Å². The van der Waals surface area contributed by atoms with Crippen molar-refractivity contribution in [3.8, 4) is 11.3 Å². The molecular weight excluding hydrogens is 286 g/mol. The van der Waals surface area contributed by atoms with Crippen LogP contribution in [0.3, 0.4) is 0 Å². The van der Waals surface area contributed by atoms with Crippen LogP contribution in [0.2, 0.25) is 0 Å². The summed E-state index contributed by atoms with van der Waals surface area (Å²) in [5.41, 5.74) is 1.13. The highest BCUT2D eigenvalue weighted by Gasteiger charge is 2.21. The summed E-state index contributed by atoms with van der Waals surface area (Å²) in [5.74, 6) is 0.289. The number of carbonyl (C=O) groups is 1. The van der Waals surface area contributed by atoms with Gasteiger partial charge >= 0.3 is 0 Å². The van der Waals surface area contributed by atoms with Gasteiger partial charge in [0.2, 0.25) is 0 Å². The van der Waals surface area contributed by atoms with Gasteiger partial charge in [0.1, 0.15) is 5.69 Å². The molecule has 1 heterocycles. The molecule has 5 nitrogen and oxygen atoms in total. The van der Waals surface area contributed by atoms with E-state index in [1.165, 1.54) is 11.8 Å². The summed E-state index contributed by atoms with van der Waals surface area (Å²) >= 11 is 1.54. The quantitative estimate of drug-likeness (QED) is 0.762. The van der Waals surface area contributed by atoms with Crippen molar-refractivity contribution in [1.29, 1.82) is 0 Å². The number of aromatic nitrogens is 2. The molecule has 1 atom stereocenters. The number of H-pyrrole nitrogens is 1. The van der Waals surface area contributed by atoms with Crippen molar-refractivity contribution in [2.45, 2.75) is 12.5 Å². The van der Waals surface area contributed by atoms with Crippen molar-refractivity contribution < 1.29 is 9.90 Å². The van der Waals surface area contributed by atoms with Crippen molar-refractivity contribution in [2.24, 2.45) is 0 Å². The van der Waals surface area contributed by atoms with Gasteiger partial charge in [-0.05, 0) is 19.2 Å². The summed E-state index contributed by atoms with van der Waals surface area (Å²) in [4.78, 5) is 12.0. The number of hydrogen-bond acceptors (Lipinski definition) is 4. The molecule has 6 heteroatoms. The van der Waals surface area contributed by atoms with Crippen LogP contribution in [0.1, 0.15) is 17.4 Å². The van der Waals surface area contributed by atoms with E-state index in [2.05, 4.69) is 15.5 Å². The predicted molar refractivity (Wildman–Crippen MR) is 85.4 cm³/mol. The number of rotatable bonds is 6. The Balaban J connectivity index is 2.00. The molecule has 1 aromatic heterocycles. The van der Waals surface area contributed by atoms with Crippen LogP contribution in [0.15, 0.2) is 36.4 Å². The third-order valence-electron chi connectivity index (χ3n) is 2.98. The van der Waals surface area contributed by atoms with E-state index in [4.69, 9.17) is 0 Å². The third-order valence-corrected chi connectivity index (χ3v) is 3.89. The van der Waals surface area contributed by atoms with Gasteiger partial charge in [0, 0.05) is 17.9 Å². The lowest BCUT2D eigenvalue weighted by Crippen LogP contribution is -2.42. The average Bonchev–Trinajstić information content (AvgIpc) is 2.96. The van der Waals surface area contributed by atoms with E-state index in [0.29, 0.717) is 11.4 Å². The lowest BCUT2D eigenvalue weighted by molar-refractivity contribution is 0.0722. The monoisotopic (exact) mass is 305 g/mol. The molecule has 1 amide bonds. The Bertz CT molecular complexity index is 596. The van der Waals surface area contributed by atoms with Gasteiger partial charge in [-0.2, -0.15) is 16.9 Å². The van der Waals surface area contributed by atoms with Crippen molar-refractivity contribution in [3.05, 3.63) is 42.1 Å². The van der Waals surface area contributed by atoms with Gasteiger partial charge in [0.05, 0.1) is 11.3 Å². The smallest absolute Gasteiger partial charge is 0.269 e. The van der Waals surface area contributed by atoms with E-state index < -0.39 is 5.60 Å². The number of hydrogen-bond donors (Lipinski definition) is 3. The highest BCUT2D eigenvalue weighted by atomic mass is 32.2. The lowest BCUT2D eigenvalue weighted by Gasteiger charge is -2.22. The fourth-order valence-electron chi connectivity index (χ4n) is 1.92. The van der Waals surface area contributed by atoms with E-state index in [0.717, 1.165) is 11.3 Å². The van der Waals surface area contributed by atoms with Gasteiger partial charge in [-0.1, -0.05) is 30.3 Å². The second kappa shape index (κ2) is 6.78. The summed E-state index contributed by atoms with van der Waals surface area (Å²) in [6, 6.07) is 11.3. The number of carbonyl (C=O) groups excluding carboxylic acids is 1. The van der Waals surface area contributed by atoms with E-state index >= 15 is 0 Å². The summed E-state index contributed by atoms with van der Waals surface area (Å²) in [6.45, 7) is 1.90. The SMILES string of the molecule is CSCC(C)(O)CNC(=O)c1cc(-c2ccccc2)n[nH]1. The third kappa shape index (κ3) is 4.34. The molecule has 2 aromatic rings. The number of thioether (sulfide) groups is 1. The van der Waals surface area contributed by atoms with Crippen molar-refractivity contribution in [2.75, 3.05) is 18.6 Å². The van der Waals surface area contributed by atoms with Crippen molar-refractivity contribution in [3.63, 3.8) is 0 Å². The maximum absolute atomic E-state index is 12.0. The van der Waals surface area contributed by atoms with Gasteiger partial charge in [-0.25, -0.2) is 0 Å². The number of aromatic amines is 1. The fourth-order valence-corrected chi connectivity index (χ4v) is 2.65. The minimum absolute atomic E-state index is 0.201. The second-order valence-electron chi connectivity index (χ2n) is 5.15. The molecule has 0 bridgehead atoms. The van der Waals surface area contributed by atoms with Crippen molar-refractivity contribution in [1.82, 2.24) is 15.5 Å². The minimum Gasteiger partial charge on any atom is -0.387 e. The minimum atomic E-state index is -0.919. The van der Waals surface area contributed by atoms with Crippen LogP contribution in [0, 0.1) is 0 Å². The lowest BCUT2D eigenvalue weighted by atomic mass is 10.1. The average molecular weight is 305 g/mol. The Hall–Kier alpha value is -1.79. The molecule has 112 valence electrons. The molecule has 21 heavy (non-hydrogen) atoms. The summed E-state index contributed by atoms with van der Waals surface area (Å²) < 4.78 is 0. The Morgan fingerprint density at radius 3 is 2.81 bits per heavy atom. The zero-order chi connectivity index (χ0) is 15.3. The normalized spacial score (nSPS) is 13.7. The number of benzene rings is 1. The Morgan fingerprint density at radius 2 is 2.14 bits per heavy atom. The molecule has 0 spiro atoms. The van der Waals surface area contributed by atoms with Crippen LogP contribution < -0.4 is 5.32 Å². The van der Waals surface area contributed by atoms with Gasteiger partial charge in [-0.3, -0.25) is 9.89 Å². The predicted octanol–water partition coefficient (Wildman–Crippen LogP) is 1.92. The molecule has 0 fully saturated rings. The summed E-state index contributed by atoms with van der Waals surface area (Å²) in [5, 5.41) is 19.6. The van der Waals surface area contributed by atoms with Gasteiger partial charge in [0.25, 0.3) is 5.91 Å². The number of nitrogens with one attached hydrogen (secondary N) is 2. The number of amides is 1. The molecule has 0 saturated carbocycles. The van der Waals surface area contributed by atoms with Gasteiger partial charge in [-0.15, -0.1) is 0 Å². The summed E-state index contributed by atoms with van der Waals surface area (Å²) in [6.07, 6.45) is 1.91. The first-order valence-electron chi connectivity index (χ1n) is 6.62. The van der Waals surface area contributed by atoms with Crippen LogP contribution in [0.25, 0.3) is 11.3 Å². The van der Waals surface area contributed by atoms with Crippen LogP contribution in [0.4, 0.5) is 0 Å². The van der Waals surface area contributed by atoms with E-state index in [1.54, 1.807) is 13.0 Å². The molecule has 3 N–H and O–H groups in total. The molecule has 1 unspecified atom stereocenters. The maximum Gasteiger partial charge on any atom is 0.269 e. The second-order valence-corrected chi connectivity index (χ2v) is 6.01. The highest BCUT2D eigenvalue weighted by molar-refractivity contribution is 7.98. The molecule has 0 aliphatic heterocycles. The first-order chi connectivity index (χ1) is 10.0. The Kier molecular flexibility index (Phi) is 5.03. The molecule has 0 radical (unpaired) electrons. The van der Waals surface area contributed by atoms with E-state index in [1.807, 2.05) is 36.6 Å². The molecule has 0 aliphatic rings. The molecular formula is C15H19N3O2S. The van der Waals surface area contributed by atoms with E-state index in [-0.39, 0.29) is 12.5 Å². The molecule has 2 rings (SSSR count). The first-order valence-corrected chi connectivity index (χ1v) is 8.01.